The van der Waals surface area contributed by atoms with Crippen molar-refractivity contribution >= 4 is 12.0 Å². The lowest BCUT2D eigenvalue weighted by atomic mass is 10.9. The molecule has 2 nitrogen and oxygen atoms in total. The minimum absolute atomic E-state index is 0.769. The van der Waals surface area contributed by atoms with Crippen molar-refractivity contribution in [3.8, 4) is 0 Å². The largest absolute Gasteiger partial charge is 0.384 e. The summed E-state index contributed by atoms with van der Waals surface area (Å²) in [5, 5.41) is 0. The van der Waals surface area contributed by atoms with Gasteiger partial charge in [0, 0.05) is 12.9 Å². The van der Waals surface area contributed by atoms with E-state index >= 15 is 0 Å². The average Bonchev–Trinajstić information content (AvgIpc) is 1.81. The molecule has 0 aromatic rings. The summed E-state index contributed by atoms with van der Waals surface area (Å²) in [6.45, 7) is 3.51. The fraction of sp³-hybridized carbons (Fsp3) is 1.00. The predicted molar refractivity (Wildman–Crippen MR) is 36.0 cm³/mol. The Bertz CT molecular complexity index is 35.4. The summed E-state index contributed by atoms with van der Waals surface area (Å²) in [4.78, 5) is 0. The van der Waals surface area contributed by atoms with Crippen molar-refractivity contribution in [3.05, 3.63) is 0 Å². The first-order valence-corrected chi connectivity index (χ1v) is 3.56. The van der Waals surface area contributed by atoms with E-state index in [4.69, 9.17) is 8.92 Å². The third-order valence-corrected chi connectivity index (χ3v) is 1.31. The first-order chi connectivity index (χ1) is 3.91. The Morgan fingerprint density at radius 3 is 2.75 bits per heavy atom. The fourth-order valence-corrected chi connectivity index (χ4v) is 0.779. The maximum Gasteiger partial charge on any atom is 0.0585 e. The van der Waals surface area contributed by atoms with Crippen LogP contribution >= 0.6 is 12.0 Å². The van der Waals surface area contributed by atoms with Crippen LogP contribution in [0.3, 0.4) is 0 Å². The molecule has 0 N–H and O–H groups in total. The van der Waals surface area contributed by atoms with Crippen molar-refractivity contribution in [2.45, 2.75) is 6.92 Å². The number of hydrogen-bond donors (Lipinski definition) is 0. The van der Waals surface area contributed by atoms with Crippen LogP contribution in [0.2, 0.25) is 0 Å². The molecule has 0 aliphatic rings. The molecule has 0 aliphatic heterocycles. The molecule has 0 spiro atoms. The molecule has 3 heteroatoms. The van der Waals surface area contributed by atoms with Crippen LogP contribution in [0.25, 0.3) is 0 Å². The zero-order valence-corrected chi connectivity index (χ0v) is 6.16. The maximum atomic E-state index is 4.97. The lowest BCUT2D eigenvalue weighted by molar-refractivity contribution is 0.217. The van der Waals surface area contributed by atoms with Crippen molar-refractivity contribution in [1.82, 2.24) is 0 Å². The molecular weight excluding hydrogens is 124 g/mol. The van der Waals surface area contributed by atoms with Gasteiger partial charge in [-0.15, -0.1) is 0 Å². The van der Waals surface area contributed by atoms with Gasteiger partial charge in [0.05, 0.1) is 13.2 Å². The van der Waals surface area contributed by atoms with Gasteiger partial charge in [0.25, 0.3) is 0 Å². The molecule has 0 amide bonds. The third-order valence-electron chi connectivity index (χ3n) is 0.572. The molecule has 8 heavy (non-hydrogen) atoms. The molecule has 0 aromatic carbocycles. The topological polar surface area (TPSA) is 18.5 Å². The summed E-state index contributed by atoms with van der Waals surface area (Å²) in [5.74, 6) is 0.921. The van der Waals surface area contributed by atoms with Gasteiger partial charge in [-0.25, -0.2) is 0 Å². The quantitative estimate of drug-likeness (QED) is 0.419. The van der Waals surface area contributed by atoms with Gasteiger partial charge in [-0.3, -0.25) is 0 Å². The SMILES string of the molecule is CCOSCCOC. The van der Waals surface area contributed by atoms with Crippen molar-refractivity contribution in [2.75, 3.05) is 26.1 Å². The molecule has 0 saturated carbocycles. The number of hydrogen-bond acceptors (Lipinski definition) is 3. The highest BCUT2D eigenvalue weighted by Crippen LogP contribution is 1.99. The third kappa shape index (κ3) is 6.27. The van der Waals surface area contributed by atoms with Gasteiger partial charge >= 0.3 is 0 Å². The van der Waals surface area contributed by atoms with Crippen LogP contribution in [0, 0.1) is 0 Å². The van der Waals surface area contributed by atoms with Crippen LogP contribution in [0.1, 0.15) is 6.92 Å². The van der Waals surface area contributed by atoms with Crippen LogP contribution in [-0.4, -0.2) is 26.1 Å². The molecule has 0 rings (SSSR count). The van der Waals surface area contributed by atoms with Crippen LogP contribution < -0.4 is 0 Å². The Morgan fingerprint density at radius 2 is 2.25 bits per heavy atom. The van der Waals surface area contributed by atoms with Gasteiger partial charge in [0.15, 0.2) is 0 Å². The van der Waals surface area contributed by atoms with Crippen molar-refractivity contribution in [3.63, 3.8) is 0 Å². The second-order valence-corrected chi connectivity index (χ2v) is 2.10. The van der Waals surface area contributed by atoms with Crippen molar-refractivity contribution in [2.24, 2.45) is 0 Å². The van der Waals surface area contributed by atoms with E-state index in [-0.39, 0.29) is 0 Å². The Kier molecular flexibility index (Phi) is 7.52. The molecule has 0 bridgehead atoms. The molecule has 0 unspecified atom stereocenters. The molecule has 0 aromatic heterocycles. The van der Waals surface area contributed by atoms with Crippen LogP contribution in [0.4, 0.5) is 0 Å². The smallest absolute Gasteiger partial charge is 0.0585 e. The van der Waals surface area contributed by atoms with Crippen LogP contribution in [-0.2, 0) is 8.92 Å². The first kappa shape index (κ1) is 8.27. The maximum absolute atomic E-state index is 4.97. The molecule has 0 fully saturated rings. The molecule has 0 atom stereocenters. The highest BCUT2D eigenvalue weighted by Gasteiger charge is 1.83. The number of rotatable bonds is 5. The summed E-state index contributed by atoms with van der Waals surface area (Å²) in [7, 11) is 1.69. The van der Waals surface area contributed by atoms with Crippen LogP contribution in [0.15, 0.2) is 0 Å². The van der Waals surface area contributed by atoms with Crippen molar-refractivity contribution in [1.29, 1.82) is 0 Å². The lowest BCUT2D eigenvalue weighted by Crippen LogP contribution is -1.92. The van der Waals surface area contributed by atoms with Gasteiger partial charge in [-0.05, 0) is 19.0 Å². The lowest BCUT2D eigenvalue weighted by Gasteiger charge is -1.96. The molecule has 0 aliphatic carbocycles. The second-order valence-electron chi connectivity index (χ2n) is 1.22. The summed E-state index contributed by atoms with van der Waals surface area (Å²) >= 11 is 1.45. The Morgan fingerprint density at radius 1 is 1.50 bits per heavy atom. The number of methoxy groups -OCH3 is 1. The van der Waals surface area contributed by atoms with Crippen LogP contribution in [0.5, 0.6) is 0 Å². The minimum atomic E-state index is 0.769. The van der Waals surface area contributed by atoms with E-state index in [2.05, 4.69) is 0 Å². The van der Waals surface area contributed by atoms with E-state index in [0.717, 1.165) is 19.0 Å². The van der Waals surface area contributed by atoms with E-state index < -0.39 is 0 Å². The summed E-state index contributed by atoms with van der Waals surface area (Å²) in [6.07, 6.45) is 0. The molecule has 0 radical (unpaired) electrons. The van der Waals surface area contributed by atoms with E-state index in [1.807, 2.05) is 6.92 Å². The molecular formula is C5H12O2S. The summed E-state index contributed by atoms with van der Waals surface area (Å²) in [6, 6.07) is 0. The van der Waals surface area contributed by atoms with Gasteiger partial charge < -0.3 is 8.92 Å². The first-order valence-electron chi connectivity index (χ1n) is 2.65. The zero-order chi connectivity index (χ0) is 6.24. The minimum Gasteiger partial charge on any atom is -0.384 e. The Balaban J connectivity index is 2.53. The molecule has 0 heterocycles. The Hall–Kier alpha value is 0.270. The van der Waals surface area contributed by atoms with Crippen molar-refractivity contribution < 1.29 is 8.92 Å². The second kappa shape index (κ2) is 7.27. The Labute approximate surface area is 54.8 Å². The van der Waals surface area contributed by atoms with Gasteiger partial charge in [0.2, 0.25) is 0 Å². The average molecular weight is 136 g/mol. The van der Waals surface area contributed by atoms with Gasteiger partial charge in [-0.1, -0.05) is 0 Å². The normalized spacial score (nSPS) is 9.75. The van der Waals surface area contributed by atoms with E-state index in [9.17, 15) is 0 Å². The van der Waals surface area contributed by atoms with Gasteiger partial charge in [-0.2, -0.15) is 0 Å². The fourth-order valence-electron chi connectivity index (χ4n) is 0.260. The monoisotopic (exact) mass is 136 g/mol. The van der Waals surface area contributed by atoms with E-state index in [1.165, 1.54) is 12.0 Å². The summed E-state index contributed by atoms with van der Waals surface area (Å²) in [5.41, 5.74) is 0. The predicted octanol–water partition coefficient (Wildman–Crippen LogP) is 1.32. The molecule has 50 valence electrons. The van der Waals surface area contributed by atoms with Gasteiger partial charge in [0.1, 0.15) is 0 Å². The highest BCUT2D eigenvalue weighted by atomic mass is 32.2. The summed E-state index contributed by atoms with van der Waals surface area (Å²) < 4.78 is 9.76. The van der Waals surface area contributed by atoms with E-state index in [0.29, 0.717) is 0 Å². The molecule has 0 saturated heterocycles. The van der Waals surface area contributed by atoms with E-state index in [1.54, 1.807) is 7.11 Å². The zero-order valence-electron chi connectivity index (χ0n) is 5.35. The highest BCUT2D eigenvalue weighted by molar-refractivity contribution is 7.94. The standard InChI is InChI=1S/C5H12O2S/c1-3-7-8-5-4-6-2/h3-5H2,1-2H3. The number of ether oxygens (including phenoxy) is 1.